The van der Waals surface area contributed by atoms with Gasteiger partial charge in [-0.2, -0.15) is 26.3 Å². The van der Waals surface area contributed by atoms with E-state index in [0.717, 1.165) is 22.7 Å². The molecule has 1 aliphatic heterocycles. The zero-order valence-corrected chi connectivity index (χ0v) is 22.9. The molecule has 230 valence electrons. The van der Waals surface area contributed by atoms with E-state index < -0.39 is 24.3 Å². The summed E-state index contributed by atoms with van der Waals surface area (Å²) in [4.78, 5) is 34.6. The minimum atomic E-state index is -5.08. The Morgan fingerprint density at radius 1 is 1.00 bits per heavy atom. The molecular weight excluding hydrogens is 572 g/mol. The second kappa shape index (κ2) is 13.5. The Kier molecular flexibility index (Phi) is 10.5. The number of carboxylic acids is 2. The molecule has 5 rings (SSSR count). The Bertz CT molecular complexity index is 1320. The molecular formula is C27H31F6N5O4. The number of aromatic nitrogens is 4. The number of fused-ring (bicyclic) bond motifs is 1. The van der Waals surface area contributed by atoms with Crippen molar-refractivity contribution in [2.45, 2.75) is 63.8 Å². The molecule has 1 saturated heterocycles. The number of pyridine rings is 2. The summed E-state index contributed by atoms with van der Waals surface area (Å²) in [6, 6.07) is 6.74. The first kappa shape index (κ1) is 32.8. The van der Waals surface area contributed by atoms with Gasteiger partial charge in [-0.05, 0) is 76.7 Å². The topological polar surface area (TPSA) is 121 Å². The van der Waals surface area contributed by atoms with Crippen LogP contribution in [0.4, 0.5) is 26.3 Å². The minimum Gasteiger partial charge on any atom is -0.475 e. The number of nitrogens with zero attached hydrogens (tertiary/aromatic N) is 5. The largest absolute Gasteiger partial charge is 0.490 e. The lowest BCUT2D eigenvalue weighted by atomic mass is 9.92. The van der Waals surface area contributed by atoms with Crippen molar-refractivity contribution in [1.82, 2.24) is 24.4 Å². The summed E-state index contributed by atoms with van der Waals surface area (Å²) in [5.41, 5.74) is 5.42. The molecule has 0 amide bonds. The van der Waals surface area contributed by atoms with Gasteiger partial charge in [-0.25, -0.2) is 14.6 Å². The molecule has 2 N–H and O–H groups in total. The number of carbonyl (C=O) groups is 2. The molecule has 1 saturated carbocycles. The third kappa shape index (κ3) is 9.13. The van der Waals surface area contributed by atoms with Crippen molar-refractivity contribution in [2.24, 2.45) is 5.92 Å². The van der Waals surface area contributed by atoms with Gasteiger partial charge in [0.15, 0.2) is 0 Å². The molecule has 0 unspecified atom stereocenters. The van der Waals surface area contributed by atoms with Crippen LogP contribution in [0.25, 0.3) is 22.3 Å². The number of rotatable bonds is 5. The van der Waals surface area contributed by atoms with Gasteiger partial charge in [-0.15, -0.1) is 0 Å². The maximum Gasteiger partial charge on any atom is 0.490 e. The molecule has 0 aromatic carbocycles. The van der Waals surface area contributed by atoms with Gasteiger partial charge in [-0.1, -0.05) is 0 Å². The summed E-state index contributed by atoms with van der Waals surface area (Å²) in [6.07, 6.45) is 0.780. The molecule has 3 aromatic rings. The molecule has 15 heteroatoms. The van der Waals surface area contributed by atoms with Crippen LogP contribution in [-0.4, -0.2) is 78.6 Å². The summed E-state index contributed by atoms with van der Waals surface area (Å²) < 4.78 is 65.7. The van der Waals surface area contributed by atoms with Gasteiger partial charge >= 0.3 is 24.3 Å². The van der Waals surface area contributed by atoms with Crippen LogP contribution in [0, 0.1) is 5.92 Å². The van der Waals surface area contributed by atoms with Crippen molar-refractivity contribution in [3.63, 3.8) is 0 Å². The van der Waals surface area contributed by atoms with Crippen LogP contribution in [0.1, 0.15) is 57.2 Å². The lowest BCUT2D eigenvalue weighted by molar-refractivity contribution is -0.193. The van der Waals surface area contributed by atoms with Crippen molar-refractivity contribution < 1.29 is 46.1 Å². The Hall–Kier alpha value is -3.75. The van der Waals surface area contributed by atoms with Crippen LogP contribution in [0.15, 0.2) is 36.9 Å². The van der Waals surface area contributed by atoms with Gasteiger partial charge in [-0.3, -0.25) is 9.97 Å². The third-order valence-electron chi connectivity index (χ3n) is 6.78. The van der Waals surface area contributed by atoms with Gasteiger partial charge in [0, 0.05) is 42.2 Å². The van der Waals surface area contributed by atoms with Crippen molar-refractivity contribution in [3.05, 3.63) is 42.6 Å². The van der Waals surface area contributed by atoms with Crippen LogP contribution in [-0.2, 0) is 9.59 Å². The molecule has 3 aromatic heterocycles. The van der Waals surface area contributed by atoms with Crippen molar-refractivity contribution in [1.29, 1.82) is 0 Å². The SMILES string of the molecule is CC(C)n1cnc2c(-c3cccnc3)nc(C3CCN(CC4CC4)CC3)cc21.O=C(O)C(F)(F)F.O=C(O)C(F)(F)F. The summed E-state index contributed by atoms with van der Waals surface area (Å²) in [5, 5.41) is 14.2. The number of likely N-dealkylation sites (tertiary alicyclic amines) is 1. The molecule has 0 atom stereocenters. The minimum absolute atomic E-state index is 0.377. The van der Waals surface area contributed by atoms with Crippen molar-refractivity contribution in [2.75, 3.05) is 19.6 Å². The van der Waals surface area contributed by atoms with Crippen molar-refractivity contribution >= 4 is 23.0 Å². The van der Waals surface area contributed by atoms with Gasteiger partial charge in [0.1, 0.15) is 5.52 Å². The predicted molar refractivity (Wildman–Crippen MR) is 140 cm³/mol. The number of aliphatic carboxylic acids is 2. The van der Waals surface area contributed by atoms with E-state index >= 15 is 0 Å². The first-order valence-electron chi connectivity index (χ1n) is 13.2. The van der Waals surface area contributed by atoms with Crippen LogP contribution in [0.5, 0.6) is 0 Å². The predicted octanol–water partition coefficient (Wildman–Crippen LogP) is 5.93. The molecule has 0 spiro atoms. The van der Waals surface area contributed by atoms with E-state index in [9.17, 15) is 26.3 Å². The molecule has 1 aliphatic carbocycles. The summed E-state index contributed by atoms with van der Waals surface area (Å²) in [5.74, 6) is -4.01. The average Bonchev–Trinajstić information content (AvgIpc) is 3.63. The van der Waals surface area contributed by atoms with Gasteiger partial charge in [0.2, 0.25) is 0 Å². The Morgan fingerprint density at radius 3 is 2.02 bits per heavy atom. The number of hydrogen-bond donors (Lipinski definition) is 2. The van der Waals surface area contributed by atoms with Crippen LogP contribution in [0.2, 0.25) is 0 Å². The van der Waals surface area contributed by atoms with E-state index in [1.54, 1.807) is 0 Å². The first-order valence-corrected chi connectivity index (χ1v) is 13.2. The second-order valence-corrected chi connectivity index (χ2v) is 10.4. The third-order valence-corrected chi connectivity index (χ3v) is 6.78. The molecule has 2 aliphatic rings. The van der Waals surface area contributed by atoms with Crippen molar-refractivity contribution in [3.8, 4) is 11.3 Å². The second-order valence-electron chi connectivity index (χ2n) is 10.4. The molecule has 2 fully saturated rings. The van der Waals surface area contributed by atoms with E-state index in [1.807, 2.05) is 24.8 Å². The fourth-order valence-corrected chi connectivity index (χ4v) is 4.45. The maximum atomic E-state index is 10.6. The first-order chi connectivity index (χ1) is 19.6. The Morgan fingerprint density at radius 2 is 1.57 bits per heavy atom. The van der Waals surface area contributed by atoms with E-state index in [4.69, 9.17) is 29.8 Å². The summed E-state index contributed by atoms with van der Waals surface area (Å²) in [7, 11) is 0. The average molecular weight is 604 g/mol. The fraction of sp³-hybridized carbons (Fsp3) is 0.519. The molecule has 42 heavy (non-hydrogen) atoms. The van der Waals surface area contributed by atoms with Crippen LogP contribution >= 0.6 is 0 Å². The van der Waals surface area contributed by atoms with Crippen LogP contribution < -0.4 is 0 Å². The quantitative estimate of drug-likeness (QED) is 0.344. The van der Waals surface area contributed by atoms with Crippen LogP contribution in [0.3, 0.4) is 0 Å². The standard InChI is InChI=1S/C23H29N5.2C2HF3O2/c1-16(2)28-15-25-23-21(28)12-20(26-22(23)19-4-3-9-24-13-19)18-7-10-27(11-8-18)14-17-5-6-17;2*3-2(4,5)1(6)7/h3-4,9,12-13,15-18H,5-8,10-11,14H2,1-2H3;2*(H,6,7). The zero-order valence-electron chi connectivity index (χ0n) is 22.9. The van der Waals surface area contributed by atoms with E-state index in [-0.39, 0.29) is 0 Å². The molecule has 9 nitrogen and oxygen atoms in total. The number of imidazole rings is 1. The maximum absolute atomic E-state index is 10.6. The lowest BCUT2D eigenvalue weighted by Gasteiger charge is -2.32. The number of alkyl halides is 6. The van der Waals surface area contributed by atoms with E-state index in [2.05, 4.69) is 40.4 Å². The number of hydrogen-bond acceptors (Lipinski definition) is 6. The summed E-state index contributed by atoms with van der Waals surface area (Å²) >= 11 is 0. The number of carboxylic acid groups (broad SMARTS) is 2. The highest BCUT2D eigenvalue weighted by molar-refractivity contribution is 5.90. The molecule has 4 heterocycles. The highest BCUT2D eigenvalue weighted by Crippen LogP contribution is 2.35. The monoisotopic (exact) mass is 603 g/mol. The number of piperidine rings is 1. The summed E-state index contributed by atoms with van der Waals surface area (Å²) in [6.45, 7) is 8.13. The smallest absolute Gasteiger partial charge is 0.475 e. The van der Waals surface area contributed by atoms with Gasteiger partial charge in [0.25, 0.3) is 0 Å². The fourth-order valence-electron chi connectivity index (χ4n) is 4.45. The Balaban J connectivity index is 0.000000289. The molecule has 0 radical (unpaired) electrons. The zero-order chi connectivity index (χ0) is 31.2. The van der Waals surface area contributed by atoms with E-state index in [0.29, 0.717) is 12.0 Å². The highest BCUT2D eigenvalue weighted by atomic mass is 19.4. The highest BCUT2D eigenvalue weighted by Gasteiger charge is 2.39. The van der Waals surface area contributed by atoms with Gasteiger partial charge < -0.3 is 19.7 Å². The number of halogens is 6. The normalized spacial score (nSPS) is 16.4. The van der Waals surface area contributed by atoms with E-state index in [1.165, 1.54) is 56.5 Å². The van der Waals surface area contributed by atoms with Gasteiger partial charge in [0.05, 0.1) is 17.5 Å². The lowest BCUT2D eigenvalue weighted by Crippen LogP contribution is -2.34. The molecule has 0 bridgehead atoms. The Labute approximate surface area is 237 Å².